The van der Waals surface area contributed by atoms with Crippen LogP contribution in [0.2, 0.25) is 0 Å². The molecule has 2 heterocycles. The first-order chi connectivity index (χ1) is 23.4. The number of thiazole rings is 1. The maximum absolute atomic E-state index is 13.7. The number of carbonyl (C=O) groups excluding carboxylic acids is 3. The Hall–Kier alpha value is -4.81. The van der Waals surface area contributed by atoms with Crippen molar-refractivity contribution < 1.29 is 14.4 Å². The van der Waals surface area contributed by atoms with Crippen LogP contribution in [0, 0.1) is 0 Å². The van der Waals surface area contributed by atoms with Crippen molar-refractivity contribution in [3.63, 3.8) is 0 Å². The van der Waals surface area contributed by atoms with Crippen LogP contribution in [-0.2, 0) is 9.59 Å². The molecular weight excluding hydrogens is 725 g/mol. The van der Waals surface area contributed by atoms with Crippen molar-refractivity contribution in [2.24, 2.45) is 0 Å². The van der Waals surface area contributed by atoms with Gasteiger partial charge in [0.1, 0.15) is 10.9 Å². The number of benzene rings is 4. The molecule has 1 unspecified atom stereocenters. The number of nitrogens with zero attached hydrogens (tertiary/aromatic N) is 1. The van der Waals surface area contributed by atoms with Gasteiger partial charge in [-0.1, -0.05) is 82.7 Å². The highest BCUT2D eigenvalue weighted by atomic mass is 79.9. The third-order valence-corrected chi connectivity index (χ3v) is 10.2. The zero-order chi connectivity index (χ0) is 33.3. The van der Waals surface area contributed by atoms with Crippen LogP contribution in [0.4, 0.5) is 10.8 Å². The molecule has 6 aromatic rings. The van der Waals surface area contributed by atoms with E-state index in [-0.39, 0.29) is 11.6 Å². The van der Waals surface area contributed by atoms with Gasteiger partial charge in [-0.15, -0.1) is 23.1 Å². The van der Waals surface area contributed by atoms with Gasteiger partial charge in [0, 0.05) is 31.6 Å². The Morgan fingerprint density at radius 1 is 0.812 bits per heavy atom. The smallest absolute Gasteiger partial charge is 0.272 e. The SMILES string of the molecule is O=C(Nc1cccc(SC(C(=O)Nc2nc(-c3ccc(Br)cc3)cs2)c2ccccc2)c1)/C(=C/c1ccsc1)NC(=O)c1ccccc1. The molecule has 0 fully saturated rings. The Bertz CT molecular complexity index is 2050. The Balaban J connectivity index is 1.19. The summed E-state index contributed by atoms with van der Waals surface area (Å²) in [4.78, 5) is 45.6. The summed E-state index contributed by atoms with van der Waals surface area (Å²) in [6.45, 7) is 0. The van der Waals surface area contributed by atoms with E-state index in [0.29, 0.717) is 16.4 Å². The monoisotopic (exact) mass is 750 g/mol. The summed E-state index contributed by atoms with van der Waals surface area (Å²) in [5, 5.41) is 14.3. The van der Waals surface area contributed by atoms with E-state index >= 15 is 0 Å². The summed E-state index contributed by atoms with van der Waals surface area (Å²) in [5.41, 5.74) is 4.41. The zero-order valence-corrected chi connectivity index (χ0v) is 29.2. The fourth-order valence-corrected chi connectivity index (χ4v) is 7.29. The molecule has 0 saturated heterocycles. The van der Waals surface area contributed by atoms with E-state index in [9.17, 15) is 14.4 Å². The average molecular weight is 752 g/mol. The minimum Gasteiger partial charge on any atom is -0.321 e. The van der Waals surface area contributed by atoms with Crippen molar-refractivity contribution >= 4 is 85.0 Å². The highest BCUT2D eigenvalue weighted by Crippen LogP contribution is 2.38. The zero-order valence-electron chi connectivity index (χ0n) is 25.1. The van der Waals surface area contributed by atoms with Gasteiger partial charge in [-0.2, -0.15) is 11.3 Å². The molecule has 0 aliphatic rings. The van der Waals surface area contributed by atoms with E-state index in [1.807, 2.05) is 101 Å². The number of hydrogen-bond donors (Lipinski definition) is 3. The Morgan fingerprint density at radius 2 is 1.56 bits per heavy atom. The van der Waals surface area contributed by atoms with Crippen LogP contribution >= 0.6 is 50.4 Å². The molecule has 0 saturated carbocycles. The fourth-order valence-electron chi connectivity index (χ4n) is 4.60. The summed E-state index contributed by atoms with van der Waals surface area (Å²) in [6.07, 6.45) is 1.64. The normalized spacial score (nSPS) is 11.8. The predicted molar refractivity (Wildman–Crippen MR) is 200 cm³/mol. The van der Waals surface area contributed by atoms with Crippen LogP contribution in [0.3, 0.4) is 0 Å². The number of thiophene rings is 1. The molecular formula is C37H27BrN4O3S3. The minimum atomic E-state index is -0.601. The quantitative estimate of drug-likeness (QED) is 0.0905. The maximum atomic E-state index is 13.7. The van der Waals surface area contributed by atoms with Crippen molar-refractivity contribution in [2.45, 2.75) is 10.1 Å². The molecule has 6 rings (SSSR count). The lowest BCUT2D eigenvalue weighted by molar-refractivity contribution is -0.116. The molecule has 3 N–H and O–H groups in total. The molecule has 238 valence electrons. The lowest BCUT2D eigenvalue weighted by Crippen LogP contribution is -2.30. The molecule has 2 aromatic heterocycles. The lowest BCUT2D eigenvalue weighted by atomic mass is 10.1. The number of rotatable bonds is 11. The summed E-state index contributed by atoms with van der Waals surface area (Å²) in [7, 11) is 0. The van der Waals surface area contributed by atoms with E-state index in [1.165, 1.54) is 34.4 Å². The molecule has 0 aliphatic carbocycles. The first-order valence-electron chi connectivity index (χ1n) is 14.7. The number of hydrogen-bond acceptors (Lipinski definition) is 7. The average Bonchev–Trinajstić information content (AvgIpc) is 3.81. The second-order valence-electron chi connectivity index (χ2n) is 10.4. The van der Waals surface area contributed by atoms with Crippen LogP contribution in [0.15, 0.2) is 146 Å². The van der Waals surface area contributed by atoms with Crippen LogP contribution in [0.5, 0.6) is 0 Å². The van der Waals surface area contributed by atoms with Crippen LogP contribution < -0.4 is 16.0 Å². The van der Waals surface area contributed by atoms with Gasteiger partial charge in [0.2, 0.25) is 5.91 Å². The van der Waals surface area contributed by atoms with Crippen LogP contribution in [0.1, 0.15) is 26.7 Å². The summed E-state index contributed by atoms with van der Waals surface area (Å²) in [6, 6.07) is 35.2. The van der Waals surface area contributed by atoms with Crippen molar-refractivity contribution in [1.29, 1.82) is 0 Å². The summed E-state index contributed by atoms with van der Waals surface area (Å²) in [5.74, 6) is -1.09. The standard InChI is InChI=1S/C37H27BrN4O3S3/c38-28-16-14-25(15-17-28)32-23-47-37(41-32)42-36(45)33(26-8-3-1-4-9-26)48-30-13-7-12-29(21-30)39-35(44)31(20-24-18-19-46-22-24)40-34(43)27-10-5-2-6-11-27/h1-23,33H,(H,39,44)(H,40,43)(H,41,42,45)/b31-20-. The number of thioether (sulfide) groups is 1. The van der Waals surface area contributed by atoms with Gasteiger partial charge in [0.25, 0.3) is 11.8 Å². The lowest BCUT2D eigenvalue weighted by Gasteiger charge is -2.17. The maximum Gasteiger partial charge on any atom is 0.272 e. The van der Waals surface area contributed by atoms with E-state index in [0.717, 1.165) is 31.8 Å². The molecule has 4 aromatic carbocycles. The van der Waals surface area contributed by atoms with Gasteiger partial charge >= 0.3 is 0 Å². The molecule has 48 heavy (non-hydrogen) atoms. The van der Waals surface area contributed by atoms with Gasteiger partial charge in [-0.25, -0.2) is 4.98 Å². The van der Waals surface area contributed by atoms with Crippen LogP contribution in [0.25, 0.3) is 17.3 Å². The first kappa shape index (κ1) is 33.1. The van der Waals surface area contributed by atoms with Gasteiger partial charge in [-0.3, -0.25) is 14.4 Å². The van der Waals surface area contributed by atoms with Crippen molar-refractivity contribution in [3.05, 3.63) is 158 Å². The minimum absolute atomic E-state index is 0.104. The number of nitrogens with one attached hydrogen (secondary N) is 3. The molecule has 0 bridgehead atoms. The highest BCUT2D eigenvalue weighted by molar-refractivity contribution is 9.10. The number of aromatic nitrogens is 1. The van der Waals surface area contributed by atoms with Crippen molar-refractivity contribution in [3.8, 4) is 11.3 Å². The van der Waals surface area contributed by atoms with E-state index in [1.54, 1.807) is 36.4 Å². The molecule has 7 nitrogen and oxygen atoms in total. The van der Waals surface area contributed by atoms with Gasteiger partial charge in [0.15, 0.2) is 5.13 Å². The molecule has 0 aliphatic heterocycles. The van der Waals surface area contributed by atoms with Gasteiger partial charge in [0.05, 0.1) is 5.69 Å². The number of halogens is 1. The largest absolute Gasteiger partial charge is 0.321 e. The van der Waals surface area contributed by atoms with Gasteiger partial charge < -0.3 is 16.0 Å². The number of amides is 3. The Labute approximate surface area is 298 Å². The fraction of sp³-hybridized carbons (Fsp3) is 0.0270. The predicted octanol–water partition coefficient (Wildman–Crippen LogP) is 9.52. The second-order valence-corrected chi connectivity index (χ2v) is 14.1. The third kappa shape index (κ3) is 8.75. The molecule has 3 amide bonds. The van der Waals surface area contributed by atoms with Crippen LogP contribution in [-0.4, -0.2) is 22.7 Å². The Kier molecular flexibility index (Phi) is 10.9. The van der Waals surface area contributed by atoms with E-state index in [4.69, 9.17) is 0 Å². The molecule has 0 spiro atoms. The van der Waals surface area contributed by atoms with Crippen molar-refractivity contribution in [2.75, 3.05) is 10.6 Å². The summed E-state index contributed by atoms with van der Waals surface area (Å²) >= 11 is 7.67. The van der Waals surface area contributed by atoms with Gasteiger partial charge in [-0.05, 0) is 76.5 Å². The number of anilines is 2. The second kappa shape index (κ2) is 15.9. The Morgan fingerprint density at radius 3 is 2.29 bits per heavy atom. The van der Waals surface area contributed by atoms with E-state index < -0.39 is 17.1 Å². The molecule has 1 atom stereocenters. The number of carbonyl (C=O) groups is 3. The van der Waals surface area contributed by atoms with Crippen molar-refractivity contribution in [1.82, 2.24) is 10.3 Å². The topological polar surface area (TPSA) is 100 Å². The third-order valence-electron chi connectivity index (χ3n) is 6.94. The molecule has 11 heteroatoms. The van der Waals surface area contributed by atoms with E-state index in [2.05, 4.69) is 36.9 Å². The summed E-state index contributed by atoms with van der Waals surface area (Å²) < 4.78 is 0.978. The highest BCUT2D eigenvalue weighted by Gasteiger charge is 2.24. The first-order valence-corrected chi connectivity index (χ1v) is 18.2. The molecule has 0 radical (unpaired) electrons.